The molecule has 0 saturated heterocycles. The van der Waals surface area contributed by atoms with Crippen molar-refractivity contribution < 1.29 is 0 Å². The highest BCUT2D eigenvalue weighted by Crippen LogP contribution is 2.36. The molecule has 4 heterocycles. The van der Waals surface area contributed by atoms with Gasteiger partial charge in [0, 0.05) is 58.4 Å². The highest BCUT2D eigenvalue weighted by atomic mass is 15.0. The molecule has 0 aliphatic heterocycles. The van der Waals surface area contributed by atoms with Gasteiger partial charge in [-0.2, -0.15) is 0 Å². The van der Waals surface area contributed by atoms with Gasteiger partial charge in [-0.1, -0.05) is 79.4 Å². The van der Waals surface area contributed by atoms with E-state index in [1.54, 1.807) is 24.8 Å². The zero-order valence-corrected chi connectivity index (χ0v) is 27.2. The van der Waals surface area contributed by atoms with E-state index in [1.807, 2.05) is 31.3 Å². The van der Waals surface area contributed by atoms with Crippen LogP contribution in [-0.4, -0.2) is 34.5 Å². The van der Waals surface area contributed by atoms with E-state index >= 15 is 0 Å². The number of benzene rings is 5. The molecule has 0 radical (unpaired) electrons. The van der Waals surface area contributed by atoms with Gasteiger partial charge >= 0.3 is 0 Å². The Kier molecular flexibility index (Phi) is 7.02. The van der Waals surface area contributed by atoms with E-state index in [0.29, 0.717) is 33.4 Å². The number of nitrogens with zero attached hydrogens (tertiary/aromatic N) is 7. The lowest BCUT2D eigenvalue weighted by atomic mass is 9.95. The first-order valence-corrected chi connectivity index (χ1v) is 16.4. The van der Waals surface area contributed by atoms with Crippen LogP contribution in [0.5, 0.6) is 0 Å². The zero-order valence-electron chi connectivity index (χ0n) is 27.2. The lowest BCUT2D eigenvalue weighted by Crippen LogP contribution is -1.98. The third-order valence-corrected chi connectivity index (χ3v) is 9.07. The summed E-state index contributed by atoms with van der Waals surface area (Å²) in [4.78, 5) is 28.5. The Balaban J connectivity index is 1.27. The van der Waals surface area contributed by atoms with Crippen LogP contribution < -0.4 is 0 Å². The third-order valence-electron chi connectivity index (χ3n) is 9.07. The number of hydrogen-bond donors (Lipinski definition) is 0. The van der Waals surface area contributed by atoms with Crippen LogP contribution in [0.3, 0.4) is 0 Å². The summed E-state index contributed by atoms with van der Waals surface area (Å²) in [6, 6.07) is 32.3. The average molecular weight is 644 g/mol. The van der Waals surface area contributed by atoms with Gasteiger partial charge in [0.25, 0.3) is 0 Å². The van der Waals surface area contributed by atoms with Crippen LogP contribution in [0.25, 0.3) is 88.6 Å². The van der Waals surface area contributed by atoms with Crippen molar-refractivity contribution in [1.82, 2.24) is 34.5 Å². The molecule has 0 bridgehead atoms. The van der Waals surface area contributed by atoms with Gasteiger partial charge in [0.15, 0.2) is 5.82 Å². The Bertz CT molecular complexity index is 2770. The minimum Gasteiger partial charge on any atom is -0.309 e. The molecule has 0 N–H and O–H groups in total. The van der Waals surface area contributed by atoms with Gasteiger partial charge in [-0.15, -0.1) is 0 Å². The normalized spacial score (nSPS) is 12.2. The average Bonchev–Trinajstić information content (AvgIpc) is 3.52. The first kappa shape index (κ1) is 29.3. The van der Waals surface area contributed by atoms with E-state index in [9.17, 15) is 0 Å². The van der Waals surface area contributed by atoms with Crippen LogP contribution in [-0.2, 0) is 0 Å². The Morgan fingerprint density at radius 2 is 1.24 bits per heavy atom. The van der Waals surface area contributed by atoms with Gasteiger partial charge in [-0.05, 0) is 71.7 Å². The van der Waals surface area contributed by atoms with Crippen LogP contribution in [0, 0.1) is 0 Å². The SMILES string of the molecule is C=C/C=C(\C=C/C)c1cc(-c2cccc(-n3c4ccccc4c4ccccc43)c2)cc(-c2ncc3c4nccnc4c4nccnc4c3n2)c1. The molecule has 0 saturated carbocycles. The Labute approximate surface area is 287 Å². The minimum atomic E-state index is 0.577. The molecule has 7 nitrogen and oxygen atoms in total. The molecule has 0 fully saturated rings. The van der Waals surface area contributed by atoms with Gasteiger partial charge in [0.1, 0.15) is 27.6 Å². The van der Waals surface area contributed by atoms with Crippen molar-refractivity contribution in [2.24, 2.45) is 0 Å². The monoisotopic (exact) mass is 643 g/mol. The molecule has 0 atom stereocenters. The van der Waals surface area contributed by atoms with Crippen molar-refractivity contribution in [3.63, 3.8) is 0 Å². The Hall–Kier alpha value is -6.86. The number of hydrogen-bond acceptors (Lipinski definition) is 6. The number of rotatable bonds is 6. The molecule has 9 rings (SSSR count). The standard InChI is InChI=1S/C43H29N7/c1-3-10-27(11-4-2)29-22-30(28-12-9-13-32(25-28)50-36-16-7-5-14-33(36)34-15-6-8-17-37(34)50)24-31(23-29)43-48-26-35-38-40(45-19-18-44-38)42-41(39(35)49-43)46-20-21-47-42/h3-26H,1H2,2H3/b11-4-,27-10+. The highest BCUT2D eigenvalue weighted by Gasteiger charge is 2.17. The summed E-state index contributed by atoms with van der Waals surface area (Å²) in [5.41, 5.74) is 11.8. The zero-order chi connectivity index (χ0) is 33.6. The maximum atomic E-state index is 5.13. The van der Waals surface area contributed by atoms with E-state index < -0.39 is 0 Å². The van der Waals surface area contributed by atoms with Crippen LogP contribution >= 0.6 is 0 Å². The first-order chi connectivity index (χ1) is 24.7. The van der Waals surface area contributed by atoms with Crippen LogP contribution in [0.15, 0.2) is 153 Å². The van der Waals surface area contributed by atoms with E-state index in [-0.39, 0.29) is 0 Å². The van der Waals surface area contributed by atoms with Crippen LogP contribution in [0.2, 0.25) is 0 Å². The fourth-order valence-corrected chi connectivity index (χ4v) is 6.94. The lowest BCUT2D eigenvalue weighted by molar-refractivity contribution is 1.18. The minimum absolute atomic E-state index is 0.577. The molecular formula is C43H29N7. The summed E-state index contributed by atoms with van der Waals surface area (Å²) < 4.78 is 2.34. The van der Waals surface area contributed by atoms with Crippen molar-refractivity contribution in [2.75, 3.05) is 0 Å². The topological polar surface area (TPSA) is 82.3 Å². The summed E-state index contributed by atoms with van der Waals surface area (Å²) >= 11 is 0. The van der Waals surface area contributed by atoms with Crippen LogP contribution in [0.4, 0.5) is 0 Å². The highest BCUT2D eigenvalue weighted by molar-refractivity contribution is 6.19. The molecule has 0 amide bonds. The lowest BCUT2D eigenvalue weighted by Gasteiger charge is -2.14. The van der Waals surface area contributed by atoms with Crippen molar-refractivity contribution in [1.29, 1.82) is 0 Å². The first-order valence-electron chi connectivity index (χ1n) is 16.4. The molecule has 4 aromatic heterocycles. The fourth-order valence-electron chi connectivity index (χ4n) is 6.94. The van der Waals surface area contributed by atoms with Crippen molar-refractivity contribution in [2.45, 2.75) is 6.92 Å². The number of fused-ring (bicyclic) bond motifs is 9. The Morgan fingerprint density at radius 1 is 0.600 bits per heavy atom. The van der Waals surface area contributed by atoms with Crippen molar-refractivity contribution in [3.05, 3.63) is 158 Å². The maximum absolute atomic E-state index is 5.13. The van der Waals surface area contributed by atoms with Gasteiger partial charge < -0.3 is 4.57 Å². The third kappa shape index (κ3) is 4.75. The van der Waals surface area contributed by atoms with E-state index in [2.05, 4.69) is 128 Å². The van der Waals surface area contributed by atoms with Gasteiger partial charge in [-0.3, -0.25) is 19.9 Å². The summed E-state index contributed by atoms with van der Waals surface area (Å²) in [5.74, 6) is 0.577. The van der Waals surface area contributed by atoms with E-state index in [0.717, 1.165) is 38.9 Å². The maximum Gasteiger partial charge on any atom is 0.159 e. The quantitative estimate of drug-likeness (QED) is 0.132. The molecule has 0 spiro atoms. The molecule has 9 aromatic rings. The molecule has 0 aliphatic rings. The summed E-state index contributed by atoms with van der Waals surface area (Å²) in [5, 5.41) is 3.24. The molecule has 0 aliphatic carbocycles. The second-order valence-electron chi connectivity index (χ2n) is 12.0. The second kappa shape index (κ2) is 12.0. The number of aromatic nitrogens is 7. The smallest absolute Gasteiger partial charge is 0.159 e. The molecule has 236 valence electrons. The molecule has 5 aromatic carbocycles. The summed E-state index contributed by atoms with van der Waals surface area (Å²) in [7, 11) is 0. The second-order valence-corrected chi connectivity index (χ2v) is 12.0. The summed E-state index contributed by atoms with van der Waals surface area (Å²) in [6.07, 6.45) is 16.5. The van der Waals surface area contributed by atoms with Crippen LogP contribution in [0.1, 0.15) is 12.5 Å². The van der Waals surface area contributed by atoms with E-state index in [1.165, 1.54) is 21.8 Å². The Morgan fingerprint density at radius 3 is 1.94 bits per heavy atom. The molecule has 50 heavy (non-hydrogen) atoms. The molecular weight excluding hydrogens is 615 g/mol. The van der Waals surface area contributed by atoms with E-state index in [4.69, 9.17) is 9.97 Å². The number of para-hydroxylation sites is 2. The molecule has 0 unspecified atom stereocenters. The van der Waals surface area contributed by atoms with Gasteiger partial charge in [0.05, 0.1) is 11.0 Å². The fraction of sp³-hybridized carbons (Fsp3) is 0.0233. The van der Waals surface area contributed by atoms with Gasteiger partial charge in [0.2, 0.25) is 0 Å². The summed E-state index contributed by atoms with van der Waals surface area (Å²) in [6.45, 7) is 6.00. The predicted molar refractivity (Wildman–Crippen MR) is 204 cm³/mol. The van der Waals surface area contributed by atoms with Gasteiger partial charge in [-0.25, -0.2) is 9.97 Å². The number of allylic oxidation sites excluding steroid dienone is 5. The largest absolute Gasteiger partial charge is 0.309 e. The predicted octanol–water partition coefficient (Wildman–Crippen LogP) is 10.1. The van der Waals surface area contributed by atoms with Crippen molar-refractivity contribution >= 4 is 60.3 Å². The van der Waals surface area contributed by atoms with Crippen molar-refractivity contribution in [3.8, 4) is 28.2 Å². The molecule has 7 heteroatoms.